The number of nitrogens with one attached hydrogen (secondary N) is 2. The topological polar surface area (TPSA) is 83.0 Å². The van der Waals surface area contributed by atoms with Gasteiger partial charge in [0.2, 0.25) is 0 Å². The van der Waals surface area contributed by atoms with Crippen LogP contribution < -0.4 is 15.5 Å². The first kappa shape index (κ1) is 22.5. The molecule has 0 amide bonds. The summed E-state index contributed by atoms with van der Waals surface area (Å²) in [7, 11) is 1.61. The molecule has 2 rings (SSSR count). The summed E-state index contributed by atoms with van der Waals surface area (Å²) >= 11 is 6.73. The molecule has 1 aliphatic carbocycles. The van der Waals surface area contributed by atoms with Crippen molar-refractivity contribution in [2.24, 2.45) is 11.0 Å². The lowest BCUT2D eigenvalue weighted by Crippen LogP contribution is -2.44. The lowest BCUT2D eigenvalue weighted by Gasteiger charge is -2.30. The standard InChI is InChI=1S/C20H29N3O3S2/c1-13-6-4-5-7-17(13)21-20(27)23-22-14(2)15-8-9-18(26-3)16(10-15)11-28-12-19(24)25/h8-10,13,17H,4-7,11-12H2,1-3H3,(H,24,25)(H2,21,23,27)/b22-14-/t13-,17-/m1/s1. The molecule has 154 valence electrons. The molecular weight excluding hydrogens is 394 g/mol. The van der Waals surface area contributed by atoms with E-state index in [4.69, 9.17) is 22.1 Å². The summed E-state index contributed by atoms with van der Waals surface area (Å²) in [5.74, 6) is 1.15. The van der Waals surface area contributed by atoms with Gasteiger partial charge in [-0.2, -0.15) is 5.10 Å². The van der Waals surface area contributed by atoms with Crippen LogP contribution in [0.2, 0.25) is 0 Å². The van der Waals surface area contributed by atoms with Crippen molar-refractivity contribution in [2.75, 3.05) is 12.9 Å². The number of hydrogen-bond acceptors (Lipinski definition) is 5. The zero-order valence-corrected chi connectivity index (χ0v) is 18.3. The second-order valence-corrected chi connectivity index (χ2v) is 8.46. The molecule has 0 saturated heterocycles. The van der Waals surface area contributed by atoms with Gasteiger partial charge in [-0.05, 0) is 61.7 Å². The molecular formula is C20H29N3O3S2. The maximum absolute atomic E-state index is 10.7. The van der Waals surface area contributed by atoms with E-state index in [2.05, 4.69) is 22.8 Å². The molecule has 0 spiro atoms. The van der Waals surface area contributed by atoms with Crippen molar-refractivity contribution in [1.82, 2.24) is 10.7 Å². The van der Waals surface area contributed by atoms with E-state index < -0.39 is 5.97 Å². The average Bonchev–Trinajstić information content (AvgIpc) is 2.67. The van der Waals surface area contributed by atoms with Gasteiger partial charge in [-0.15, -0.1) is 11.8 Å². The van der Waals surface area contributed by atoms with Crippen molar-refractivity contribution in [3.8, 4) is 5.75 Å². The molecule has 0 heterocycles. The Bertz CT molecular complexity index is 725. The predicted molar refractivity (Wildman–Crippen MR) is 119 cm³/mol. The van der Waals surface area contributed by atoms with Crippen molar-refractivity contribution in [2.45, 2.75) is 51.3 Å². The van der Waals surface area contributed by atoms with Gasteiger partial charge >= 0.3 is 5.97 Å². The molecule has 3 N–H and O–H groups in total. The van der Waals surface area contributed by atoms with Crippen LogP contribution in [0.25, 0.3) is 0 Å². The highest BCUT2D eigenvalue weighted by molar-refractivity contribution is 7.99. The Hall–Kier alpha value is -1.80. The number of benzene rings is 1. The number of carbonyl (C=O) groups is 1. The van der Waals surface area contributed by atoms with Crippen LogP contribution in [0.1, 0.15) is 50.7 Å². The van der Waals surface area contributed by atoms with Gasteiger partial charge < -0.3 is 15.2 Å². The minimum atomic E-state index is -0.824. The molecule has 0 bridgehead atoms. The lowest BCUT2D eigenvalue weighted by molar-refractivity contribution is -0.133. The average molecular weight is 424 g/mol. The van der Waals surface area contributed by atoms with Crippen LogP contribution in [0, 0.1) is 5.92 Å². The number of thioether (sulfide) groups is 1. The second-order valence-electron chi connectivity index (χ2n) is 7.06. The number of thiocarbonyl (C=S) groups is 1. The molecule has 1 aliphatic rings. The Morgan fingerprint density at radius 3 is 2.82 bits per heavy atom. The summed E-state index contributed by atoms with van der Waals surface area (Å²) in [6.45, 7) is 4.17. The van der Waals surface area contributed by atoms with Gasteiger partial charge in [-0.25, -0.2) is 0 Å². The summed E-state index contributed by atoms with van der Waals surface area (Å²) in [4.78, 5) is 10.7. The fraction of sp³-hybridized carbons (Fsp3) is 0.550. The number of carboxylic acid groups (broad SMARTS) is 1. The highest BCUT2D eigenvalue weighted by Crippen LogP contribution is 2.25. The first-order valence-corrected chi connectivity index (χ1v) is 11.0. The van der Waals surface area contributed by atoms with Crippen LogP contribution in [-0.4, -0.2) is 40.8 Å². The van der Waals surface area contributed by atoms with Gasteiger partial charge in [0.25, 0.3) is 0 Å². The molecule has 0 aromatic heterocycles. The molecule has 28 heavy (non-hydrogen) atoms. The van der Waals surface area contributed by atoms with Crippen LogP contribution in [0.3, 0.4) is 0 Å². The molecule has 6 nitrogen and oxygen atoms in total. The van der Waals surface area contributed by atoms with Crippen molar-refractivity contribution in [1.29, 1.82) is 0 Å². The molecule has 1 fully saturated rings. The van der Waals surface area contributed by atoms with E-state index >= 15 is 0 Å². The monoisotopic (exact) mass is 423 g/mol. The minimum Gasteiger partial charge on any atom is -0.496 e. The molecule has 1 aromatic rings. The number of rotatable bonds is 8. The summed E-state index contributed by atoms with van der Waals surface area (Å²) in [5, 5.41) is 17.2. The Balaban J connectivity index is 1.98. The Morgan fingerprint density at radius 2 is 2.14 bits per heavy atom. The fourth-order valence-corrected chi connectivity index (χ4v) is 4.21. The van der Waals surface area contributed by atoms with Gasteiger partial charge in [0.05, 0.1) is 18.6 Å². The van der Waals surface area contributed by atoms with Crippen molar-refractivity contribution >= 4 is 40.8 Å². The fourth-order valence-electron chi connectivity index (χ4n) is 3.30. The number of hydrogen-bond donors (Lipinski definition) is 3. The summed E-state index contributed by atoms with van der Waals surface area (Å²) in [6.07, 6.45) is 4.90. The zero-order valence-electron chi connectivity index (χ0n) is 16.7. The highest BCUT2D eigenvalue weighted by atomic mass is 32.2. The van der Waals surface area contributed by atoms with Crippen LogP contribution in [0.15, 0.2) is 23.3 Å². The normalized spacial score (nSPS) is 19.8. The lowest BCUT2D eigenvalue weighted by atomic mass is 9.86. The number of ether oxygens (including phenoxy) is 1. The van der Waals surface area contributed by atoms with Crippen LogP contribution >= 0.6 is 24.0 Å². The zero-order chi connectivity index (χ0) is 20.5. The SMILES string of the molecule is COc1ccc(/C(C)=N\NC(=S)N[C@@H]2CCCC[C@H]2C)cc1CSCC(=O)O. The van der Waals surface area contributed by atoms with Crippen LogP contribution in [0.5, 0.6) is 5.75 Å². The van der Waals surface area contributed by atoms with Crippen molar-refractivity contribution in [3.05, 3.63) is 29.3 Å². The van der Waals surface area contributed by atoms with Gasteiger partial charge in [0, 0.05) is 17.4 Å². The summed E-state index contributed by atoms with van der Waals surface area (Å²) < 4.78 is 5.38. The molecule has 0 aliphatic heterocycles. The first-order chi connectivity index (χ1) is 13.4. The largest absolute Gasteiger partial charge is 0.496 e. The maximum Gasteiger partial charge on any atom is 0.313 e. The van der Waals surface area contributed by atoms with E-state index in [9.17, 15) is 4.79 Å². The van der Waals surface area contributed by atoms with E-state index in [1.165, 1.54) is 31.0 Å². The number of carboxylic acids is 1. The van der Waals surface area contributed by atoms with E-state index in [0.717, 1.165) is 29.0 Å². The van der Waals surface area contributed by atoms with Crippen LogP contribution in [0.4, 0.5) is 0 Å². The third-order valence-corrected chi connectivity index (χ3v) is 6.11. The highest BCUT2D eigenvalue weighted by Gasteiger charge is 2.21. The van der Waals surface area contributed by atoms with E-state index in [-0.39, 0.29) is 5.75 Å². The summed E-state index contributed by atoms with van der Waals surface area (Å²) in [6, 6.07) is 6.20. The quantitative estimate of drug-likeness (QED) is 0.333. The molecule has 8 heteroatoms. The molecule has 2 atom stereocenters. The number of methoxy groups -OCH3 is 1. The number of aliphatic carboxylic acids is 1. The van der Waals surface area contributed by atoms with E-state index in [1.54, 1.807) is 7.11 Å². The molecule has 0 radical (unpaired) electrons. The number of nitrogens with zero attached hydrogens (tertiary/aromatic N) is 1. The van der Waals surface area contributed by atoms with Gasteiger partial charge in [-0.1, -0.05) is 19.8 Å². The Labute approximate surface area is 176 Å². The second kappa shape index (κ2) is 11.3. The Morgan fingerprint density at radius 1 is 1.39 bits per heavy atom. The maximum atomic E-state index is 10.7. The third-order valence-electron chi connectivity index (χ3n) is 4.93. The summed E-state index contributed by atoms with van der Waals surface area (Å²) in [5.41, 5.74) is 5.63. The number of hydrazone groups is 1. The molecule has 1 aromatic carbocycles. The van der Waals surface area contributed by atoms with Gasteiger partial charge in [0.15, 0.2) is 5.11 Å². The van der Waals surface area contributed by atoms with Gasteiger partial charge in [0.1, 0.15) is 5.75 Å². The third kappa shape index (κ3) is 6.98. The molecule has 0 unspecified atom stereocenters. The van der Waals surface area contributed by atoms with E-state index in [1.807, 2.05) is 25.1 Å². The predicted octanol–water partition coefficient (Wildman–Crippen LogP) is 3.78. The van der Waals surface area contributed by atoms with Gasteiger partial charge in [-0.3, -0.25) is 10.2 Å². The molecule has 1 saturated carbocycles. The van der Waals surface area contributed by atoms with Crippen molar-refractivity contribution in [3.63, 3.8) is 0 Å². The van der Waals surface area contributed by atoms with E-state index in [0.29, 0.717) is 22.8 Å². The first-order valence-electron chi connectivity index (χ1n) is 9.48. The van der Waals surface area contributed by atoms with Crippen LogP contribution in [-0.2, 0) is 10.5 Å². The smallest absolute Gasteiger partial charge is 0.313 e. The minimum absolute atomic E-state index is 0.0571. The van der Waals surface area contributed by atoms with Crippen molar-refractivity contribution < 1.29 is 14.6 Å². The Kier molecular flexibility index (Phi) is 9.05.